The van der Waals surface area contributed by atoms with Gasteiger partial charge in [0, 0.05) is 19.0 Å². The van der Waals surface area contributed by atoms with Crippen molar-refractivity contribution in [3.63, 3.8) is 0 Å². The number of rotatable bonds is 6. The summed E-state index contributed by atoms with van der Waals surface area (Å²) in [5.41, 5.74) is 1.53. The third-order valence-corrected chi connectivity index (χ3v) is 6.55. The molecule has 4 rings (SSSR count). The van der Waals surface area contributed by atoms with Gasteiger partial charge in [0.15, 0.2) is 0 Å². The van der Waals surface area contributed by atoms with Gasteiger partial charge in [-0.3, -0.25) is 24.6 Å². The molecule has 6 heteroatoms. The zero-order valence-electron chi connectivity index (χ0n) is 18.1. The molecule has 0 saturated carbocycles. The van der Waals surface area contributed by atoms with E-state index in [1.54, 1.807) is 13.8 Å². The molecule has 2 aromatic carbocycles. The summed E-state index contributed by atoms with van der Waals surface area (Å²) in [7, 11) is 0. The summed E-state index contributed by atoms with van der Waals surface area (Å²) in [5.74, 6) is -2.47. The summed E-state index contributed by atoms with van der Waals surface area (Å²) in [6, 6.07) is 16.9. The van der Waals surface area contributed by atoms with Crippen molar-refractivity contribution in [1.82, 2.24) is 10.2 Å². The Morgan fingerprint density at radius 1 is 1.03 bits per heavy atom. The highest BCUT2D eigenvalue weighted by molar-refractivity contribution is 6.09. The van der Waals surface area contributed by atoms with Crippen LogP contribution < -0.4 is 5.32 Å². The van der Waals surface area contributed by atoms with Gasteiger partial charge in [-0.1, -0.05) is 54.6 Å². The minimum absolute atomic E-state index is 0.198. The number of carbonyl (C=O) groups excluding carboxylic acids is 3. The second kappa shape index (κ2) is 8.27. The summed E-state index contributed by atoms with van der Waals surface area (Å²) >= 11 is 0. The number of aryl methyl sites for hydroxylation is 1. The molecule has 2 saturated heterocycles. The number of esters is 1. The molecule has 2 aliphatic heterocycles. The molecule has 0 spiro atoms. The van der Waals surface area contributed by atoms with E-state index >= 15 is 0 Å². The third kappa shape index (κ3) is 3.35. The quantitative estimate of drug-likeness (QED) is 0.575. The zero-order chi connectivity index (χ0) is 22.2. The number of fused-ring (bicyclic) bond motifs is 1. The predicted octanol–water partition coefficient (Wildman–Crippen LogP) is 2.81. The Morgan fingerprint density at radius 3 is 2.35 bits per heavy atom. The Bertz CT molecular complexity index is 1010. The van der Waals surface area contributed by atoms with Crippen LogP contribution >= 0.6 is 0 Å². The van der Waals surface area contributed by atoms with Crippen LogP contribution in [0.3, 0.4) is 0 Å². The van der Waals surface area contributed by atoms with Crippen molar-refractivity contribution in [3.05, 3.63) is 71.3 Å². The number of nitrogens with one attached hydrogen (secondary N) is 1. The molecule has 0 unspecified atom stereocenters. The maximum atomic E-state index is 13.5. The standard InChI is InChI=1S/C25H28N2O4/c1-4-27-22(28)19-20(23(27)29)25(24(30)31-5-2,15-17-12-7-6-8-13-17)26-21(19)18-14-10-9-11-16(18)3/h6-14,19-21,26H,4-5,15H2,1-3H3/t19-,20-,21+,25+/m0/s1. The molecule has 0 aromatic heterocycles. The minimum Gasteiger partial charge on any atom is -0.465 e. The van der Waals surface area contributed by atoms with Gasteiger partial charge in [0.1, 0.15) is 5.54 Å². The molecular weight excluding hydrogens is 392 g/mol. The van der Waals surface area contributed by atoms with Crippen LogP contribution in [0.1, 0.15) is 36.6 Å². The van der Waals surface area contributed by atoms with Crippen molar-refractivity contribution in [3.8, 4) is 0 Å². The number of hydrogen-bond donors (Lipinski definition) is 1. The predicted molar refractivity (Wildman–Crippen MR) is 116 cm³/mol. The molecule has 0 bridgehead atoms. The first-order valence-electron chi connectivity index (χ1n) is 10.8. The van der Waals surface area contributed by atoms with E-state index in [9.17, 15) is 14.4 Å². The molecule has 0 radical (unpaired) electrons. The fraction of sp³-hybridized carbons (Fsp3) is 0.400. The molecule has 0 aliphatic carbocycles. The van der Waals surface area contributed by atoms with E-state index in [4.69, 9.17) is 4.74 Å². The van der Waals surface area contributed by atoms with Gasteiger partial charge in [-0.25, -0.2) is 0 Å². The second-order valence-electron chi connectivity index (χ2n) is 8.26. The maximum Gasteiger partial charge on any atom is 0.327 e. The lowest BCUT2D eigenvalue weighted by atomic mass is 9.76. The monoisotopic (exact) mass is 420 g/mol. The van der Waals surface area contributed by atoms with Gasteiger partial charge in [-0.05, 0) is 37.5 Å². The lowest BCUT2D eigenvalue weighted by Gasteiger charge is -2.33. The zero-order valence-corrected chi connectivity index (χ0v) is 18.1. The Kier molecular flexibility index (Phi) is 5.67. The third-order valence-electron chi connectivity index (χ3n) is 6.55. The number of benzene rings is 2. The van der Waals surface area contributed by atoms with Crippen LogP contribution in [0.15, 0.2) is 54.6 Å². The van der Waals surface area contributed by atoms with Gasteiger partial charge in [-0.2, -0.15) is 0 Å². The van der Waals surface area contributed by atoms with Crippen molar-refractivity contribution in [2.24, 2.45) is 11.8 Å². The molecular formula is C25H28N2O4. The van der Waals surface area contributed by atoms with Crippen molar-refractivity contribution in [1.29, 1.82) is 0 Å². The van der Waals surface area contributed by atoms with Gasteiger partial charge in [0.2, 0.25) is 11.8 Å². The van der Waals surface area contributed by atoms with E-state index < -0.39 is 29.4 Å². The highest BCUT2D eigenvalue weighted by Gasteiger charge is 2.68. The Morgan fingerprint density at radius 2 is 1.71 bits per heavy atom. The summed E-state index contributed by atoms with van der Waals surface area (Å²) in [6.07, 6.45) is 0.271. The van der Waals surface area contributed by atoms with Crippen LogP contribution in [0.4, 0.5) is 0 Å². The fourth-order valence-corrected chi connectivity index (χ4v) is 5.18. The summed E-state index contributed by atoms with van der Waals surface area (Å²) in [4.78, 5) is 41.6. The summed E-state index contributed by atoms with van der Waals surface area (Å²) in [5, 5.41) is 3.46. The van der Waals surface area contributed by atoms with Gasteiger partial charge in [0.05, 0.1) is 18.4 Å². The average Bonchev–Trinajstić information content (AvgIpc) is 3.23. The second-order valence-corrected chi connectivity index (χ2v) is 8.26. The Balaban J connectivity index is 1.89. The molecule has 6 nitrogen and oxygen atoms in total. The molecule has 2 amide bonds. The first kappa shape index (κ1) is 21.2. The number of hydrogen-bond acceptors (Lipinski definition) is 5. The van der Waals surface area contributed by atoms with Crippen LogP contribution in [0.2, 0.25) is 0 Å². The molecule has 1 N–H and O–H groups in total. The van der Waals surface area contributed by atoms with E-state index in [1.165, 1.54) is 4.90 Å². The topological polar surface area (TPSA) is 75.7 Å². The number of amides is 2. The minimum atomic E-state index is -1.31. The van der Waals surface area contributed by atoms with Gasteiger partial charge in [0.25, 0.3) is 0 Å². The van der Waals surface area contributed by atoms with E-state index in [-0.39, 0.29) is 31.4 Å². The van der Waals surface area contributed by atoms with Crippen LogP contribution in [0.5, 0.6) is 0 Å². The molecule has 2 aromatic rings. The highest BCUT2D eigenvalue weighted by atomic mass is 16.5. The fourth-order valence-electron chi connectivity index (χ4n) is 5.18. The maximum absolute atomic E-state index is 13.5. The normalized spacial score (nSPS) is 27.5. The van der Waals surface area contributed by atoms with E-state index in [2.05, 4.69) is 5.32 Å². The molecule has 2 heterocycles. The van der Waals surface area contributed by atoms with Gasteiger partial charge >= 0.3 is 5.97 Å². The van der Waals surface area contributed by atoms with Crippen molar-refractivity contribution >= 4 is 17.8 Å². The van der Waals surface area contributed by atoms with Crippen LogP contribution in [-0.4, -0.2) is 41.4 Å². The van der Waals surface area contributed by atoms with Gasteiger partial charge in [-0.15, -0.1) is 0 Å². The van der Waals surface area contributed by atoms with E-state index in [0.29, 0.717) is 0 Å². The summed E-state index contributed by atoms with van der Waals surface area (Å²) in [6.45, 7) is 6.00. The molecule has 31 heavy (non-hydrogen) atoms. The number of nitrogens with zero attached hydrogens (tertiary/aromatic N) is 1. The van der Waals surface area contributed by atoms with Crippen molar-refractivity contribution < 1.29 is 19.1 Å². The number of ether oxygens (including phenoxy) is 1. The first-order chi connectivity index (χ1) is 14.9. The van der Waals surface area contributed by atoms with Crippen molar-refractivity contribution in [2.75, 3.05) is 13.2 Å². The Labute approximate surface area is 182 Å². The van der Waals surface area contributed by atoms with Crippen molar-refractivity contribution in [2.45, 2.75) is 38.8 Å². The number of imide groups is 1. The van der Waals surface area contributed by atoms with Crippen LogP contribution in [0, 0.1) is 18.8 Å². The highest BCUT2D eigenvalue weighted by Crippen LogP contribution is 2.50. The molecule has 2 aliphatic rings. The summed E-state index contributed by atoms with van der Waals surface area (Å²) < 4.78 is 5.49. The lowest BCUT2D eigenvalue weighted by Crippen LogP contribution is -2.58. The molecule has 162 valence electrons. The van der Waals surface area contributed by atoms with E-state index in [1.807, 2.05) is 61.5 Å². The number of carbonyl (C=O) groups is 3. The van der Waals surface area contributed by atoms with Gasteiger partial charge < -0.3 is 4.74 Å². The number of likely N-dealkylation sites (tertiary alicyclic amines) is 1. The SMILES string of the molecule is CCOC(=O)[C@]1(Cc2ccccc2)N[C@H](c2ccccc2C)[C@H]2C(=O)N(CC)C(=O)[C@H]21. The van der Waals surface area contributed by atoms with Crippen LogP contribution in [-0.2, 0) is 25.5 Å². The largest absolute Gasteiger partial charge is 0.465 e. The molecule has 4 atom stereocenters. The Hall–Kier alpha value is -2.99. The first-order valence-corrected chi connectivity index (χ1v) is 10.8. The lowest BCUT2D eigenvalue weighted by molar-refractivity contribution is -0.156. The van der Waals surface area contributed by atoms with E-state index in [0.717, 1.165) is 16.7 Å². The average molecular weight is 421 g/mol. The molecule has 2 fully saturated rings. The smallest absolute Gasteiger partial charge is 0.327 e. The van der Waals surface area contributed by atoms with Crippen LogP contribution in [0.25, 0.3) is 0 Å².